The van der Waals surface area contributed by atoms with E-state index in [4.69, 9.17) is 5.10 Å². The minimum atomic E-state index is -0.229. The second kappa shape index (κ2) is 8.65. The van der Waals surface area contributed by atoms with E-state index in [-0.39, 0.29) is 17.5 Å². The quantitative estimate of drug-likeness (QED) is 0.307. The third-order valence-electron chi connectivity index (χ3n) is 6.47. The summed E-state index contributed by atoms with van der Waals surface area (Å²) in [6.45, 7) is 5.01. The van der Waals surface area contributed by atoms with Crippen LogP contribution in [0.25, 0.3) is 22.0 Å². The van der Waals surface area contributed by atoms with Crippen LogP contribution in [-0.2, 0) is 4.79 Å². The fourth-order valence-electron chi connectivity index (χ4n) is 4.43. The average molecular weight is 442 g/mol. The summed E-state index contributed by atoms with van der Waals surface area (Å²) in [4.78, 5) is 25.7. The molecule has 0 saturated heterocycles. The van der Waals surface area contributed by atoms with Crippen LogP contribution in [0.15, 0.2) is 70.2 Å². The molecule has 0 bridgehead atoms. The molecule has 3 aromatic rings. The number of amides is 1. The molecule has 2 fully saturated rings. The molecule has 0 atom stereocenters. The highest BCUT2D eigenvalue weighted by Crippen LogP contribution is 2.51. The second-order valence-electron chi connectivity index (χ2n) is 8.96. The van der Waals surface area contributed by atoms with Gasteiger partial charge in [0.2, 0.25) is 0 Å². The number of nitrogens with zero attached hydrogens (tertiary/aromatic N) is 3. The SMILES string of the molecule is C=NN/C=C(\C)C(=O)Nc1ccc(-c2nn(C(C3CC3)C3CC3)c(=O)c3ccccc23)cc1. The topological polar surface area (TPSA) is 88.4 Å². The molecule has 168 valence electrons. The Bertz CT molecular complexity index is 1290. The third-order valence-corrected chi connectivity index (χ3v) is 6.47. The van der Waals surface area contributed by atoms with Crippen LogP contribution >= 0.6 is 0 Å². The van der Waals surface area contributed by atoms with E-state index < -0.39 is 0 Å². The summed E-state index contributed by atoms with van der Waals surface area (Å²) in [5.74, 6) is 0.903. The Kier molecular flexibility index (Phi) is 5.54. The van der Waals surface area contributed by atoms with Crippen LogP contribution < -0.4 is 16.3 Å². The molecule has 1 aromatic heterocycles. The van der Waals surface area contributed by atoms with Crippen LogP contribution in [0.1, 0.15) is 38.6 Å². The predicted octanol–water partition coefficient (Wildman–Crippen LogP) is 4.47. The lowest BCUT2D eigenvalue weighted by molar-refractivity contribution is -0.112. The Hall–Kier alpha value is -3.74. The van der Waals surface area contributed by atoms with Crippen LogP contribution in [-0.4, -0.2) is 22.4 Å². The van der Waals surface area contributed by atoms with Crippen molar-refractivity contribution in [3.05, 3.63) is 70.7 Å². The van der Waals surface area contributed by atoms with E-state index in [0.29, 0.717) is 28.5 Å². The van der Waals surface area contributed by atoms with Gasteiger partial charge >= 0.3 is 0 Å². The van der Waals surface area contributed by atoms with Gasteiger partial charge in [0, 0.05) is 35.1 Å². The summed E-state index contributed by atoms with van der Waals surface area (Å²) < 4.78 is 1.78. The molecule has 0 spiro atoms. The van der Waals surface area contributed by atoms with Crippen molar-refractivity contribution in [3.8, 4) is 11.3 Å². The van der Waals surface area contributed by atoms with Gasteiger partial charge in [0.05, 0.1) is 17.1 Å². The molecule has 0 aliphatic heterocycles. The summed E-state index contributed by atoms with van der Waals surface area (Å²) in [7, 11) is 0. The molecule has 2 saturated carbocycles. The van der Waals surface area contributed by atoms with E-state index in [0.717, 1.165) is 16.6 Å². The molecule has 0 radical (unpaired) electrons. The smallest absolute Gasteiger partial charge is 0.274 e. The summed E-state index contributed by atoms with van der Waals surface area (Å²) in [6.07, 6.45) is 6.21. The lowest BCUT2D eigenvalue weighted by Gasteiger charge is -2.20. The maximum Gasteiger partial charge on any atom is 0.274 e. The molecule has 2 aliphatic rings. The number of carbonyl (C=O) groups excluding carboxylic acids is 1. The molecule has 33 heavy (non-hydrogen) atoms. The van der Waals surface area contributed by atoms with Crippen LogP contribution in [0.5, 0.6) is 0 Å². The third kappa shape index (κ3) is 4.31. The zero-order chi connectivity index (χ0) is 22.9. The van der Waals surface area contributed by atoms with Crippen molar-refractivity contribution in [1.82, 2.24) is 15.2 Å². The highest BCUT2D eigenvalue weighted by atomic mass is 16.1. The normalized spacial score (nSPS) is 16.1. The van der Waals surface area contributed by atoms with E-state index in [1.807, 2.05) is 48.5 Å². The van der Waals surface area contributed by atoms with Gasteiger partial charge in [-0.2, -0.15) is 10.2 Å². The molecule has 7 nitrogen and oxygen atoms in total. The highest BCUT2D eigenvalue weighted by Gasteiger charge is 2.44. The van der Waals surface area contributed by atoms with E-state index in [2.05, 4.69) is 22.6 Å². The number of aromatic nitrogens is 2. The van der Waals surface area contributed by atoms with Crippen molar-refractivity contribution in [2.45, 2.75) is 38.6 Å². The van der Waals surface area contributed by atoms with E-state index in [1.54, 1.807) is 11.6 Å². The Morgan fingerprint density at radius 3 is 2.33 bits per heavy atom. The molecule has 2 aliphatic carbocycles. The first-order chi connectivity index (χ1) is 16.1. The van der Waals surface area contributed by atoms with Crippen LogP contribution in [0.2, 0.25) is 0 Å². The Morgan fingerprint density at radius 2 is 1.73 bits per heavy atom. The second-order valence-corrected chi connectivity index (χ2v) is 8.96. The standard InChI is InChI=1S/C26H27N5O2/c1-16(15-28-27-2)25(32)29-20-13-11-17(12-14-20)23-21-5-3-4-6-22(21)26(33)31(30-23)24(18-7-8-18)19-9-10-19/h3-6,11-15,18-19,24,28H,2,7-10H2,1H3,(H,29,32)/b16-15+. The van der Waals surface area contributed by atoms with Crippen LogP contribution in [0.3, 0.4) is 0 Å². The maximum absolute atomic E-state index is 13.4. The number of fused-ring (bicyclic) bond motifs is 1. The van der Waals surface area contributed by atoms with Crippen molar-refractivity contribution in [3.63, 3.8) is 0 Å². The van der Waals surface area contributed by atoms with Gasteiger partial charge in [-0.3, -0.25) is 15.0 Å². The Balaban J connectivity index is 1.50. The van der Waals surface area contributed by atoms with Gasteiger partial charge in [-0.25, -0.2) is 4.68 Å². The van der Waals surface area contributed by atoms with Gasteiger partial charge in [0.15, 0.2) is 0 Å². The van der Waals surface area contributed by atoms with E-state index in [1.165, 1.54) is 31.9 Å². The van der Waals surface area contributed by atoms with Gasteiger partial charge in [-0.05, 0) is 62.6 Å². The molecule has 2 N–H and O–H groups in total. The lowest BCUT2D eigenvalue weighted by atomic mass is 10.0. The van der Waals surface area contributed by atoms with Crippen LogP contribution in [0.4, 0.5) is 5.69 Å². The number of benzene rings is 2. The number of carbonyl (C=O) groups is 1. The first-order valence-corrected chi connectivity index (χ1v) is 11.4. The van der Waals surface area contributed by atoms with E-state index in [9.17, 15) is 9.59 Å². The molecule has 1 heterocycles. The van der Waals surface area contributed by atoms with E-state index >= 15 is 0 Å². The Labute approximate surface area is 192 Å². The molecular formula is C26H27N5O2. The summed E-state index contributed by atoms with van der Waals surface area (Å²) in [5, 5.41) is 12.9. The summed E-state index contributed by atoms with van der Waals surface area (Å²) in [6, 6.07) is 15.5. The van der Waals surface area contributed by atoms with Gasteiger partial charge < -0.3 is 5.32 Å². The Morgan fingerprint density at radius 1 is 1.09 bits per heavy atom. The zero-order valence-electron chi connectivity index (χ0n) is 18.6. The van der Waals surface area contributed by atoms with Crippen molar-refractivity contribution < 1.29 is 4.79 Å². The van der Waals surface area contributed by atoms with Crippen molar-refractivity contribution in [1.29, 1.82) is 0 Å². The first-order valence-electron chi connectivity index (χ1n) is 11.4. The minimum Gasteiger partial charge on any atom is -0.322 e. The zero-order valence-corrected chi connectivity index (χ0v) is 18.6. The highest BCUT2D eigenvalue weighted by molar-refractivity contribution is 6.03. The average Bonchev–Trinajstić information content (AvgIpc) is 3.75. The summed E-state index contributed by atoms with van der Waals surface area (Å²) in [5.41, 5.74) is 5.43. The van der Waals surface area contributed by atoms with Gasteiger partial charge in [0.1, 0.15) is 0 Å². The minimum absolute atomic E-state index is 0.00641. The van der Waals surface area contributed by atoms with Crippen molar-refractivity contribution in [2.24, 2.45) is 16.9 Å². The number of hydrogen-bond donors (Lipinski definition) is 2. The molecule has 2 aromatic carbocycles. The lowest BCUT2D eigenvalue weighted by Crippen LogP contribution is -2.30. The maximum atomic E-state index is 13.4. The van der Waals surface area contributed by atoms with Gasteiger partial charge in [-0.15, -0.1) is 0 Å². The molecule has 1 amide bonds. The fourth-order valence-corrected chi connectivity index (χ4v) is 4.43. The van der Waals surface area contributed by atoms with Gasteiger partial charge in [-0.1, -0.05) is 30.3 Å². The molecule has 5 rings (SSSR count). The number of anilines is 1. The molecule has 7 heteroatoms. The first kappa shape index (κ1) is 21.1. The molecule has 0 unspecified atom stereocenters. The predicted molar refractivity (Wildman–Crippen MR) is 131 cm³/mol. The van der Waals surface area contributed by atoms with Crippen molar-refractivity contribution >= 4 is 29.1 Å². The number of hydrazone groups is 1. The number of hydrogen-bond acceptors (Lipinski definition) is 5. The van der Waals surface area contributed by atoms with Gasteiger partial charge in [0.25, 0.3) is 11.5 Å². The summed E-state index contributed by atoms with van der Waals surface area (Å²) >= 11 is 0. The van der Waals surface area contributed by atoms with Crippen LogP contribution in [0, 0.1) is 11.8 Å². The largest absolute Gasteiger partial charge is 0.322 e. The van der Waals surface area contributed by atoms with Crippen molar-refractivity contribution in [2.75, 3.05) is 5.32 Å². The fraction of sp³-hybridized carbons (Fsp3) is 0.308. The molecular weight excluding hydrogens is 414 g/mol. The number of rotatable bonds is 8. The number of nitrogens with one attached hydrogen (secondary N) is 2. The monoisotopic (exact) mass is 441 g/mol.